The number of aliphatic carboxylic acids is 1. The van der Waals surface area contributed by atoms with Gasteiger partial charge in [0.2, 0.25) is 0 Å². The molecule has 3 N–H and O–H groups in total. The van der Waals surface area contributed by atoms with Gasteiger partial charge in [-0.2, -0.15) is 0 Å². The molecule has 80 valence electrons. The molecule has 0 aliphatic carbocycles. The van der Waals surface area contributed by atoms with Gasteiger partial charge in [-0.3, -0.25) is 4.79 Å². The van der Waals surface area contributed by atoms with Crippen LogP contribution < -0.4 is 5.73 Å². The van der Waals surface area contributed by atoms with E-state index in [1.54, 1.807) is 0 Å². The minimum atomic E-state index is -0.968. The van der Waals surface area contributed by atoms with Crippen LogP contribution in [0.2, 0.25) is 0 Å². The van der Waals surface area contributed by atoms with Gasteiger partial charge >= 0.3 is 5.97 Å². The van der Waals surface area contributed by atoms with E-state index in [2.05, 4.69) is 32.7 Å². The standard InChI is InChI=1S/C6H14.C2H5NO2.C2H4/c1-3-5-6-4-2;3-1-2(4)5;1-2/h3-6H2,1-2H3;1,3H2,(H,4,5);1-2H2. The maximum absolute atomic E-state index is 9.24. The van der Waals surface area contributed by atoms with Crippen molar-refractivity contribution in [3.63, 3.8) is 0 Å². The summed E-state index contributed by atoms with van der Waals surface area (Å²) in [7, 11) is 0. The molecule has 3 heteroatoms. The van der Waals surface area contributed by atoms with Crippen molar-refractivity contribution >= 4 is 5.97 Å². The third kappa shape index (κ3) is 54.0. The van der Waals surface area contributed by atoms with E-state index in [1.807, 2.05) is 0 Å². The highest BCUT2D eigenvalue weighted by atomic mass is 16.4. The molecule has 0 aromatic carbocycles. The zero-order valence-electron chi connectivity index (χ0n) is 8.88. The van der Waals surface area contributed by atoms with Crippen LogP contribution >= 0.6 is 0 Å². The lowest BCUT2D eigenvalue weighted by Gasteiger charge is -1.86. The summed E-state index contributed by atoms with van der Waals surface area (Å²) in [5, 5.41) is 7.60. The molecule has 3 nitrogen and oxygen atoms in total. The first-order valence-corrected chi connectivity index (χ1v) is 4.60. The molecule has 0 saturated carbocycles. The van der Waals surface area contributed by atoms with Crippen molar-refractivity contribution in [2.24, 2.45) is 5.73 Å². The number of nitrogens with two attached hydrogens (primary N) is 1. The van der Waals surface area contributed by atoms with Gasteiger partial charge in [0.25, 0.3) is 0 Å². The van der Waals surface area contributed by atoms with Crippen molar-refractivity contribution in [1.29, 1.82) is 0 Å². The Hall–Kier alpha value is -0.830. The number of hydrogen-bond acceptors (Lipinski definition) is 2. The molecule has 0 rings (SSSR count). The molecule has 0 spiro atoms. The molecule has 0 saturated heterocycles. The fourth-order valence-electron chi connectivity index (χ4n) is 0.500. The molecule has 0 aliphatic rings. The zero-order valence-corrected chi connectivity index (χ0v) is 8.88. The highest BCUT2D eigenvalue weighted by molar-refractivity contribution is 5.68. The van der Waals surface area contributed by atoms with Crippen LogP contribution in [-0.2, 0) is 4.79 Å². The van der Waals surface area contributed by atoms with E-state index >= 15 is 0 Å². The minimum Gasteiger partial charge on any atom is -0.480 e. The topological polar surface area (TPSA) is 63.3 Å². The van der Waals surface area contributed by atoms with E-state index in [0.717, 1.165) is 0 Å². The summed E-state index contributed by atoms with van der Waals surface area (Å²) >= 11 is 0. The Morgan fingerprint density at radius 3 is 1.54 bits per heavy atom. The lowest BCUT2D eigenvalue weighted by Crippen LogP contribution is -2.10. The van der Waals surface area contributed by atoms with Gasteiger partial charge in [0, 0.05) is 0 Å². The summed E-state index contributed by atoms with van der Waals surface area (Å²) in [6, 6.07) is 0. The van der Waals surface area contributed by atoms with Crippen LogP contribution in [0.1, 0.15) is 39.5 Å². The first-order valence-electron chi connectivity index (χ1n) is 4.60. The molecule has 0 bridgehead atoms. The summed E-state index contributed by atoms with van der Waals surface area (Å²) in [5.41, 5.74) is 4.57. The largest absolute Gasteiger partial charge is 0.480 e. The Labute approximate surface area is 81.6 Å². The molecule has 0 aromatic heterocycles. The van der Waals surface area contributed by atoms with E-state index in [9.17, 15) is 4.79 Å². The smallest absolute Gasteiger partial charge is 0.317 e. The molecule has 0 radical (unpaired) electrons. The lowest BCUT2D eigenvalue weighted by molar-refractivity contribution is -0.135. The highest BCUT2D eigenvalue weighted by Gasteiger charge is 1.81. The van der Waals surface area contributed by atoms with Crippen LogP contribution in [0.3, 0.4) is 0 Å². The van der Waals surface area contributed by atoms with Crippen molar-refractivity contribution in [3.05, 3.63) is 13.2 Å². The van der Waals surface area contributed by atoms with Gasteiger partial charge in [0.1, 0.15) is 0 Å². The Bertz CT molecular complexity index is 90.9. The van der Waals surface area contributed by atoms with Gasteiger partial charge in [0.15, 0.2) is 0 Å². The normalized spacial score (nSPS) is 7.31. The van der Waals surface area contributed by atoms with Crippen LogP contribution in [0.4, 0.5) is 0 Å². The van der Waals surface area contributed by atoms with Gasteiger partial charge < -0.3 is 10.8 Å². The first kappa shape index (κ1) is 18.1. The highest BCUT2D eigenvalue weighted by Crippen LogP contribution is 1.95. The van der Waals surface area contributed by atoms with Crippen molar-refractivity contribution in [1.82, 2.24) is 0 Å². The molecule has 0 atom stereocenters. The second-order valence-electron chi connectivity index (χ2n) is 2.30. The number of hydrogen-bond donors (Lipinski definition) is 2. The third-order valence-corrected chi connectivity index (χ3v) is 1.13. The van der Waals surface area contributed by atoms with Gasteiger partial charge in [-0.1, -0.05) is 39.5 Å². The lowest BCUT2D eigenvalue weighted by atomic mass is 10.2. The number of carboxylic acid groups (broad SMARTS) is 1. The van der Waals surface area contributed by atoms with Gasteiger partial charge in [-0.15, -0.1) is 13.2 Å². The summed E-state index contributed by atoms with van der Waals surface area (Å²) in [4.78, 5) is 9.24. The molecule has 0 unspecified atom stereocenters. The summed E-state index contributed by atoms with van der Waals surface area (Å²) in [6.45, 7) is 10.2. The van der Waals surface area contributed by atoms with Crippen LogP contribution in [0.5, 0.6) is 0 Å². The van der Waals surface area contributed by atoms with E-state index in [1.165, 1.54) is 25.7 Å². The second kappa shape index (κ2) is 22.5. The predicted octanol–water partition coefficient (Wildman–Crippen LogP) is 2.42. The number of carbonyl (C=O) groups is 1. The van der Waals surface area contributed by atoms with Gasteiger partial charge in [0.05, 0.1) is 6.54 Å². The molecule has 0 amide bonds. The average molecular weight is 189 g/mol. The van der Waals surface area contributed by atoms with E-state index in [-0.39, 0.29) is 6.54 Å². The van der Waals surface area contributed by atoms with Crippen LogP contribution in [-0.4, -0.2) is 17.6 Å². The fraction of sp³-hybridized carbons (Fsp3) is 0.700. The maximum atomic E-state index is 9.24. The second-order valence-corrected chi connectivity index (χ2v) is 2.30. The molecule has 0 aliphatic heterocycles. The molecule has 13 heavy (non-hydrogen) atoms. The van der Waals surface area contributed by atoms with Crippen molar-refractivity contribution in [2.45, 2.75) is 39.5 Å². The Morgan fingerprint density at radius 2 is 1.46 bits per heavy atom. The predicted molar refractivity (Wildman–Crippen MR) is 57.8 cm³/mol. The summed E-state index contributed by atoms with van der Waals surface area (Å²) in [5.74, 6) is -0.968. The molecular weight excluding hydrogens is 166 g/mol. The van der Waals surface area contributed by atoms with E-state index in [4.69, 9.17) is 5.11 Å². The Balaban J connectivity index is -0.000000131. The third-order valence-electron chi connectivity index (χ3n) is 1.13. The van der Waals surface area contributed by atoms with E-state index < -0.39 is 5.97 Å². The van der Waals surface area contributed by atoms with Crippen LogP contribution in [0, 0.1) is 0 Å². The monoisotopic (exact) mass is 189 g/mol. The molecular formula is C10H23NO2. The maximum Gasteiger partial charge on any atom is 0.317 e. The molecule has 0 aromatic rings. The number of unbranched alkanes of at least 4 members (excludes halogenated alkanes) is 3. The van der Waals surface area contributed by atoms with Crippen LogP contribution in [0.15, 0.2) is 13.2 Å². The van der Waals surface area contributed by atoms with Crippen LogP contribution in [0.25, 0.3) is 0 Å². The van der Waals surface area contributed by atoms with Crippen molar-refractivity contribution < 1.29 is 9.90 Å². The van der Waals surface area contributed by atoms with Crippen molar-refractivity contribution in [3.8, 4) is 0 Å². The van der Waals surface area contributed by atoms with Gasteiger partial charge in [-0.25, -0.2) is 0 Å². The Kier molecular flexibility index (Phi) is 31.2. The molecule has 0 fully saturated rings. The van der Waals surface area contributed by atoms with Gasteiger partial charge in [-0.05, 0) is 0 Å². The van der Waals surface area contributed by atoms with E-state index in [0.29, 0.717) is 0 Å². The van der Waals surface area contributed by atoms with Crippen molar-refractivity contribution in [2.75, 3.05) is 6.54 Å². The summed E-state index contributed by atoms with van der Waals surface area (Å²) in [6.07, 6.45) is 5.54. The summed E-state index contributed by atoms with van der Waals surface area (Å²) < 4.78 is 0. The molecule has 0 heterocycles. The fourth-order valence-corrected chi connectivity index (χ4v) is 0.500. The SMILES string of the molecule is C=C.CCCCCC.NCC(=O)O. The number of rotatable bonds is 4. The first-order chi connectivity index (χ1) is 6.18. The quantitative estimate of drug-likeness (QED) is 0.527. The minimum absolute atomic E-state index is 0.278. The number of carboxylic acids is 1. The zero-order chi connectivity index (χ0) is 11.1. The average Bonchev–Trinajstić information content (AvgIpc) is 2.18. The Morgan fingerprint density at radius 1 is 1.23 bits per heavy atom.